The Balaban J connectivity index is -0.000000529. The predicted molar refractivity (Wildman–Crippen MR) is 169 cm³/mol. The molecule has 0 aliphatic heterocycles. The summed E-state index contributed by atoms with van der Waals surface area (Å²) >= 11 is 18.9. The summed E-state index contributed by atoms with van der Waals surface area (Å²) in [5.74, 6) is 0. The smallest absolute Gasteiger partial charge is 0.133 e. The summed E-state index contributed by atoms with van der Waals surface area (Å²) in [4.78, 5) is 4.51. The fraction of sp³-hybridized carbons (Fsp3) is 0.923. The first-order chi connectivity index (χ1) is 15.4. The van der Waals surface area contributed by atoms with Crippen LogP contribution in [0.25, 0.3) is 0 Å². The van der Waals surface area contributed by atoms with E-state index in [1.807, 2.05) is 0 Å². The Morgan fingerprint density at radius 1 is 0.455 bits per heavy atom. The molecule has 0 spiro atoms. The maximum Gasteiger partial charge on any atom is 0.133 e. The van der Waals surface area contributed by atoms with Crippen LogP contribution in [0.5, 0.6) is 0 Å². The van der Waals surface area contributed by atoms with E-state index in [4.69, 9.17) is 24.4 Å². The summed E-state index contributed by atoms with van der Waals surface area (Å²) in [6.45, 7) is 13.3. The molecule has 0 aromatic carbocycles. The van der Waals surface area contributed by atoms with Gasteiger partial charge in [0.15, 0.2) is 0 Å². The standard InChI is InChI=1S/2C13H27NS2.Se/c2*1-3-5-7-9-11-14(13(15)16)12-10-8-6-4-2;/h2*3-12H2,1-2H3,(H,15,16);. The molecule has 0 atom stereocenters. The maximum atomic E-state index is 5.16. The van der Waals surface area contributed by atoms with E-state index in [-0.39, 0.29) is 17.1 Å². The number of nitrogens with zero attached hydrogens (tertiary/aromatic N) is 2. The SMILES string of the molecule is CCCCCCN(CCCCCC)C(=S)S.CCCCCCN(CCCCCC)C(=S)S.[Se]. The molecule has 0 rings (SSSR count). The summed E-state index contributed by atoms with van der Waals surface area (Å²) in [6, 6.07) is 0. The third-order valence-electron chi connectivity index (χ3n) is 5.67. The van der Waals surface area contributed by atoms with Crippen LogP contribution in [-0.2, 0) is 0 Å². The quantitative estimate of drug-likeness (QED) is 0.0622. The summed E-state index contributed by atoms with van der Waals surface area (Å²) < 4.78 is 1.54. The van der Waals surface area contributed by atoms with Gasteiger partial charge in [-0.25, -0.2) is 0 Å². The van der Waals surface area contributed by atoms with Crippen molar-refractivity contribution < 1.29 is 0 Å². The number of hydrogen-bond acceptors (Lipinski definition) is 2. The van der Waals surface area contributed by atoms with Gasteiger partial charge in [-0.1, -0.05) is 129 Å². The number of thiocarbonyl (C=S) groups is 2. The van der Waals surface area contributed by atoms with Gasteiger partial charge in [0.1, 0.15) is 8.64 Å². The minimum absolute atomic E-state index is 0. The van der Waals surface area contributed by atoms with Crippen LogP contribution in [-0.4, -0.2) is 61.7 Å². The molecule has 0 saturated carbocycles. The van der Waals surface area contributed by atoms with Crippen LogP contribution < -0.4 is 0 Å². The van der Waals surface area contributed by atoms with Gasteiger partial charge in [-0.2, -0.15) is 0 Å². The molecule has 0 saturated heterocycles. The van der Waals surface area contributed by atoms with Crippen molar-refractivity contribution in [2.75, 3.05) is 26.2 Å². The van der Waals surface area contributed by atoms with E-state index in [1.54, 1.807) is 0 Å². The zero-order valence-corrected chi connectivity index (χ0v) is 27.3. The summed E-state index contributed by atoms with van der Waals surface area (Å²) in [5.41, 5.74) is 0. The fourth-order valence-corrected chi connectivity index (χ4v) is 4.29. The molecule has 0 fully saturated rings. The van der Waals surface area contributed by atoms with E-state index in [0.717, 1.165) is 34.8 Å². The molecule has 0 N–H and O–H groups in total. The molecule has 0 unspecified atom stereocenters. The number of hydrogen-bond donors (Lipinski definition) is 2. The van der Waals surface area contributed by atoms with Crippen molar-refractivity contribution in [1.82, 2.24) is 9.80 Å². The van der Waals surface area contributed by atoms with E-state index < -0.39 is 0 Å². The molecule has 33 heavy (non-hydrogen) atoms. The van der Waals surface area contributed by atoms with E-state index in [9.17, 15) is 0 Å². The maximum absolute atomic E-state index is 5.16. The first kappa shape index (κ1) is 38.5. The molecule has 0 aromatic heterocycles. The van der Waals surface area contributed by atoms with Crippen molar-refractivity contribution in [2.45, 2.75) is 130 Å². The Kier molecular flexibility index (Phi) is 36.2. The second kappa shape index (κ2) is 31.0. The van der Waals surface area contributed by atoms with Gasteiger partial charge in [-0.05, 0) is 25.7 Å². The fourth-order valence-electron chi connectivity index (χ4n) is 3.52. The topological polar surface area (TPSA) is 6.48 Å². The average molecular weight is 602 g/mol. The van der Waals surface area contributed by atoms with Crippen LogP contribution in [0.4, 0.5) is 0 Å². The summed E-state index contributed by atoms with van der Waals surface area (Å²) in [6.07, 6.45) is 20.8. The number of thiol groups is 2. The van der Waals surface area contributed by atoms with Gasteiger partial charge >= 0.3 is 0 Å². The first-order valence-electron chi connectivity index (χ1n) is 13.4. The van der Waals surface area contributed by atoms with Gasteiger partial charge in [-0.15, -0.1) is 25.3 Å². The third-order valence-corrected chi connectivity index (χ3v) is 6.75. The number of rotatable bonds is 20. The van der Waals surface area contributed by atoms with E-state index in [2.05, 4.69) is 62.8 Å². The van der Waals surface area contributed by atoms with Crippen LogP contribution in [0, 0.1) is 0 Å². The van der Waals surface area contributed by atoms with Crippen molar-refractivity contribution in [3.63, 3.8) is 0 Å². The van der Waals surface area contributed by atoms with E-state index >= 15 is 0 Å². The van der Waals surface area contributed by atoms with Crippen molar-refractivity contribution in [2.24, 2.45) is 0 Å². The van der Waals surface area contributed by atoms with Gasteiger partial charge in [0.05, 0.1) is 0 Å². The van der Waals surface area contributed by atoms with Crippen LogP contribution in [0.15, 0.2) is 0 Å². The Hall–Kier alpha value is 0.999. The van der Waals surface area contributed by atoms with E-state index in [0.29, 0.717) is 0 Å². The minimum atomic E-state index is 0. The van der Waals surface area contributed by atoms with Crippen LogP contribution in [0.2, 0.25) is 0 Å². The van der Waals surface area contributed by atoms with Crippen LogP contribution in [0.3, 0.4) is 0 Å². The third kappa shape index (κ3) is 29.1. The Bertz CT molecular complexity index is 363. The zero-order chi connectivity index (χ0) is 24.5. The zero-order valence-electron chi connectivity index (χ0n) is 22.2. The van der Waals surface area contributed by atoms with Gasteiger partial charge in [-0.3, -0.25) is 0 Å². The van der Waals surface area contributed by atoms with Crippen LogP contribution in [0.1, 0.15) is 130 Å². The van der Waals surface area contributed by atoms with Crippen molar-refractivity contribution >= 4 is 75.4 Å². The Labute approximate surface area is 240 Å². The second-order valence-corrected chi connectivity index (χ2v) is 11.0. The Morgan fingerprint density at radius 2 is 0.667 bits per heavy atom. The molecule has 7 heteroatoms. The van der Waals surface area contributed by atoms with E-state index in [1.165, 1.54) is 103 Å². The molecule has 0 aliphatic rings. The number of unbranched alkanes of at least 4 members (excludes halogenated alkanes) is 12. The molecule has 0 heterocycles. The molecule has 0 amide bonds. The molecule has 198 valence electrons. The van der Waals surface area contributed by atoms with Crippen molar-refractivity contribution in [3.05, 3.63) is 0 Å². The summed E-state index contributed by atoms with van der Waals surface area (Å²) in [7, 11) is 0. The molecule has 0 aromatic rings. The molecular formula is C26H54N2S4Se. The van der Waals surface area contributed by atoms with Gasteiger partial charge in [0.25, 0.3) is 0 Å². The minimum Gasteiger partial charge on any atom is -0.358 e. The largest absolute Gasteiger partial charge is 0.358 e. The normalized spacial score (nSPS) is 10.1. The predicted octanol–water partition coefficient (Wildman–Crippen LogP) is 8.95. The molecule has 2 radical (unpaired) electrons. The Morgan fingerprint density at radius 3 is 0.818 bits per heavy atom. The second-order valence-electron chi connectivity index (χ2n) is 8.78. The summed E-state index contributed by atoms with van der Waals surface area (Å²) in [5, 5.41) is 0. The molecule has 0 aliphatic carbocycles. The van der Waals surface area contributed by atoms with Gasteiger partial charge in [0, 0.05) is 43.2 Å². The van der Waals surface area contributed by atoms with Crippen molar-refractivity contribution in [3.8, 4) is 0 Å². The molecule has 2 nitrogen and oxygen atoms in total. The van der Waals surface area contributed by atoms with Crippen LogP contribution >= 0.6 is 49.7 Å². The average Bonchev–Trinajstić information content (AvgIpc) is 2.77. The van der Waals surface area contributed by atoms with Gasteiger partial charge < -0.3 is 9.80 Å². The van der Waals surface area contributed by atoms with Crippen molar-refractivity contribution in [1.29, 1.82) is 0 Å². The molecular weight excluding hydrogens is 548 g/mol. The first-order valence-corrected chi connectivity index (χ1v) is 15.1. The molecule has 0 bridgehead atoms. The monoisotopic (exact) mass is 602 g/mol. The van der Waals surface area contributed by atoms with Gasteiger partial charge in [0.2, 0.25) is 0 Å².